The minimum Gasteiger partial charge on any atom is -0.394 e. The Morgan fingerprint density at radius 1 is 1.67 bits per heavy atom. The molecule has 0 amide bonds. The van der Waals surface area contributed by atoms with Gasteiger partial charge >= 0.3 is 6.61 Å². The van der Waals surface area contributed by atoms with E-state index in [0.29, 0.717) is 25.9 Å². The standard InChI is InChI=1S/C10H15F2NO2/c1-7-2-10(6-14)3-8(15-9(11)12)5-13(10)4-7/h8-9,14H,1-6H2/t8-,10-/m1/s1. The molecule has 0 bridgehead atoms. The predicted octanol–water partition coefficient (Wildman–Crippen LogP) is 0.991. The van der Waals surface area contributed by atoms with Gasteiger partial charge in [-0.15, -0.1) is 0 Å². The van der Waals surface area contributed by atoms with E-state index in [9.17, 15) is 13.9 Å². The first-order valence-electron chi connectivity index (χ1n) is 5.02. The maximum atomic E-state index is 12.0. The fourth-order valence-corrected chi connectivity index (χ4v) is 2.72. The smallest absolute Gasteiger partial charge is 0.345 e. The molecule has 0 saturated carbocycles. The summed E-state index contributed by atoms with van der Waals surface area (Å²) in [7, 11) is 0. The Hall–Kier alpha value is -0.520. The van der Waals surface area contributed by atoms with Crippen LogP contribution in [0.3, 0.4) is 0 Å². The third-order valence-corrected chi connectivity index (χ3v) is 3.29. The Labute approximate surface area is 87.3 Å². The maximum Gasteiger partial charge on any atom is 0.345 e. The summed E-state index contributed by atoms with van der Waals surface area (Å²) >= 11 is 0. The Kier molecular flexibility index (Phi) is 2.79. The van der Waals surface area contributed by atoms with Gasteiger partial charge in [0.2, 0.25) is 0 Å². The lowest BCUT2D eigenvalue weighted by Crippen LogP contribution is -2.41. The number of rotatable bonds is 3. The van der Waals surface area contributed by atoms with E-state index in [0.717, 1.165) is 5.57 Å². The van der Waals surface area contributed by atoms with Gasteiger partial charge in [-0.3, -0.25) is 4.90 Å². The molecule has 2 atom stereocenters. The zero-order chi connectivity index (χ0) is 11.1. The quantitative estimate of drug-likeness (QED) is 0.718. The van der Waals surface area contributed by atoms with Crippen LogP contribution >= 0.6 is 0 Å². The zero-order valence-corrected chi connectivity index (χ0v) is 8.46. The Balaban J connectivity index is 2.04. The highest BCUT2D eigenvalue weighted by molar-refractivity contribution is 5.19. The summed E-state index contributed by atoms with van der Waals surface area (Å²) in [6.07, 6.45) is 0.685. The minimum absolute atomic E-state index is 0.0187. The molecule has 5 heteroatoms. The number of fused-ring (bicyclic) bond motifs is 1. The first-order chi connectivity index (χ1) is 7.05. The van der Waals surface area contributed by atoms with E-state index in [-0.39, 0.29) is 6.61 Å². The molecule has 2 rings (SSSR count). The lowest BCUT2D eigenvalue weighted by molar-refractivity contribution is -0.159. The molecule has 0 radical (unpaired) electrons. The number of ether oxygens (including phenoxy) is 1. The molecule has 0 aromatic carbocycles. The van der Waals surface area contributed by atoms with Gasteiger partial charge in [0, 0.05) is 13.1 Å². The SMILES string of the molecule is C=C1CN2C[C@H](OC(F)F)C[C@@]2(CO)C1. The van der Waals surface area contributed by atoms with E-state index in [4.69, 9.17) is 0 Å². The maximum absolute atomic E-state index is 12.0. The van der Waals surface area contributed by atoms with Crippen molar-refractivity contribution in [3.63, 3.8) is 0 Å². The molecular weight excluding hydrogens is 204 g/mol. The number of halogens is 2. The van der Waals surface area contributed by atoms with Crippen LogP contribution in [-0.2, 0) is 4.74 Å². The first kappa shape index (κ1) is 11.0. The van der Waals surface area contributed by atoms with E-state index in [1.807, 2.05) is 4.90 Å². The largest absolute Gasteiger partial charge is 0.394 e. The van der Waals surface area contributed by atoms with Crippen LogP contribution in [0, 0.1) is 0 Å². The summed E-state index contributed by atoms with van der Waals surface area (Å²) in [5.74, 6) is 0. The highest BCUT2D eigenvalue weighted by Gasteiger charge is 2.50. The molecule has 86 valence electrons. The lowest BCUT2D eigenvalue weighted by atomic mass is 9.93. The van der Waals surface area contributed by atoms with Crippen LogP contribution in [0.15, 0.2) is 12.2 Å². The second-order valence-corrected chi connectivity index (χ2v) is 4.41. The van der Waals surface area contributed by atoms with Crippen LogP contribution in [-0.4, -0.2) is 48.0 Å². The van der Waals surface area contributed by atoms with Gasteiger partial charge in [-0.2, -0.15) is 8.78 Å². The van der Waals surface area contributed by atoms with Gasteiger partial charge in [0.05, 0.1) is 18.2 Å². The van der Waals surface area contributed by atoms with Crippen LogP contribution < -0.4 is 0 Å². The molecule has 15 heavy (non-hydrogen) atoms. The summed E-state index contributed by atoms with van der Waals surface area (Å²) < 4.78 is 28.6. The Morgan fingerprint density at radius 3 is 2.93 bits per heavy atom. The molecule has 2 aliphatic heterocycles. The van der Waals surface area contributed by atoms with Gasteiger partial charge in [-0.1, -0.05) is 12.2 Å². The second kappa shape index (κ2) is 3.81. The zero-order valence-electron chi connectivity index (χ0n) is 8.46. The second-order valence-electron chi connectivity index (χ2n) is 4.41. The highest BCUT2D eigenvalue weighted by atomic mass is 19.3. The van der Waals surface area contributed by atoms with Gasteiger partial charge in [0.15, 0.2) is 0 Å². The minimum atomic E-state index is -2.73. The van der Waals surface area contributed by atoms with Gasteiger partial charge in [-0.25, -0.2) is 0 Å². The van der Waals surface area contributed by atoms with Gasteiger partial charge < -0.3 is 9.84 Å². The number of hydrogen-bond donors (Lipinski definition) is 1. The van der Waals surface area contributed by atoms with Crippen molar-refractivity contribution in [1.29, 1.82) is 0 Å². The summed E-state index contributed by atoms with van der Waals surface area (Å²) in [5, 5.41) is 9.37. The van der Waals surface area contributed by atoms with Crippen molar-refractivity contribution in [2.45, 2.75) is 31.1 Å². The first-order valence-corrected chi connectivity index (χ1v) is 5.02. The molecule has 0 aromatic heterocycles. The molecule has 1 N–H and O–H groups in total. The average Bonchev–Trinajstić information content (AvgIpc) is 2.56. The number of aliphatic hydroxyl groups excluding tert-OH is 1. The average molecular weight is 219 g/mol. The van der Waals surface area contributed by atoms with E-state index in [1.54, 1.807) is 0 Å². The van der Waals surface area contributed by atoms with Crippen molar-refractivity contribution in [1.82, 2.24) is 4.90 Å². The van der Waals surface area contributed by atoms with Crippen molar-refractivity contribution < 1.29 is 18.6 Å². The van der Waals surface area contributed by atoms with E-state index < -0.39 is 18.3 Å². The molecule has 0 spiro atoms. The van der Waals surface area contributed by atoms with Crippen LogP contribution in [0.4, 0.5) is 8.78 Å². The van der Waals surface area contributed by atoms with Crippen LogP contribution in [0.25, 0.3) is 0 Å². The molecular formula is C10H15F2NO2. The third-order valence-electron chi connectivity index (χ3n) is 3.29. The van der Waals surface area contributed by atoms with Crippen LogP contribution in [0.2, 0.25) is 0 Å². The van der Waals surface area contributed by atoms with E-state index >= 15 is 0 Å². The Morgan fingerprint density at radius 2 is 2.40 bits per heavy atom. The van der Waals surface area contributed by atoms with Crippen molar-refractivity contribution >= 4 is 0 Å². The summed E-state index contributed by atoms with van der Waals surface area (Å²) in [6.45, 7) is 2.27. The molecule has 2 fully saturated rings. The van der Waals surface area contributed by atoms with Gasteiger partial charge in [-0.05, 0) is 12.8 Å². The molecule has 3 nitrogen and oxygen atoms in total. The normalized spacial score (nSPS) is 36.5. The molecule has 2 aliphatic rings. The molecule has 0 aliphatic carbocycles. The fraction of sp³-hybridized carbons (Fsp3) is 0.800. The molecule has 2 saturated heterocycles. The molecule has 0 aromatic rings. The van der Waals surface area contributed by atoms with Crippen molar-refractivity contribution in [3.8, 4) is 0 Å². The summed E-state index contributed by atoms with van der Waals surface area (Å²) in [5.41, 5.74) is 0.663. The van der Waals surface area contributed by atoms with E-state index in [2.05, 4.69) is 11.3 Å². The summed E-state index contributed by atoms with van der Waals surface area (Å²) in [6, 6.07) is 0. The van der Waals surface area contributed by atoms with Crippen LogP contribution in [0.1, 0.15) is 12.8 Å². The highest BCUT2D eigenvalue weighted by Crippen LogP contribution is 2.41. The molecule has 0 unspecified atom stereocenters. The van der Waals surface area contributed by atoms with Crippen molar-refractivity contribution in [3.05, 3.63) is 12.2 Å². The number of alkyl halides is 2. The van der Waals surface area contributed by atoms with Gasteiger partial charge in [0.25, 0.3) is 0 Å². The van der Waals surface area contributed by atoms with Crippen molar-refractivity contribution in [2.75, 3.05) is 19.7 Å². The van der Waals surface area contributed by atoms with E-state index in [1.165, 1.54) is 0 Å². The van der Waals surface area contributed by atoms with Gasteiger partial charge in [0.1, 0.15) is 0 Å². The van der Waals surface area contributed by atoms with Crippen LogP contribution in [0.5, 0.6) is 0 Å². The predicted molar refractivity (Wildman–Crippen MR) is 50.6 cm³/mol. The summed E-state index contributed by atoms with van der Waals surface area (Å²) in [4.78, 5) is 2.00. The number of nitrogens with zero attached hydrogens (tertiary/aromatic N) is 1. The number of aliphatic hydroxyl groups is 1. The topological polar surface area (TPSA) is 32.7 Å². The van der Waals surface area contributed by atoms with Crippen molar-refractivity contribution in [2.24, 2.45) is 0 Å². The number of hydrogen-bond acceptors (Lipinski definition) is 3. The monoisotopic (exact) mass is 219 g/mol. The lowest BCUT2D eigenvalue weighted by Gasteiger charge is -2.28. The Bertz CT molecular complexity index is 272. The fourth-order valence-electron chi connectivity index (χ4n) is 2.72. The molecule has 2 heterocycles. The third kappa shape index (κ3) is 1.91.